The molecule has 8 heteroatoms. The summed E-state index contributed by atoms with van der Waals surface area (Å²) in [6, 6.07) is 8.87. The minimum atomic E-state index is -0.504. The zero-order valence-electron chi connectivity index (χ0n) is 16.1. The second-order valence-electron chi connectivity index (χ2n) is 6.39. The van der Waals surface area contributed by atoms with Gasteiger partial charge in [0, 0.05) is 19.1 Å². The number of urea groups is 1. The van der Waals surface area contributed by atoms with E-state index >= 15 is 0 Å². The van der Waals surface area contributed by atoms with Gasteiger partial charge < -0.3 is 20.9 Å². The summed E-state index contributed by atoms with van der Waals surface area (Å²) >= 11 is 0. The van der Waals surface area contributed by atoms with Crippen LogP contribution < -0.4 is 16.0 Å². The molecular weight excluding hydrogens is 359 g/mol. The maximum absolute atomic E-state index is 14.4. The van der Waals surface area contributed by atoms with E-state index in [1.165, 1.54) is 6.20 Å². The fourth-order valence-electron chi connectivity index (χ4n) is 3.32. The number of fused-ring (bicyclic) bond motifs is 1. The van der Waals surface area contributed by atoms with Gasteiger partial charge in [-0.05, 0) is 31.0 Å². The minimum Gasteiger partial charge on any atom is -0.356 e. The molecule has 7 nitrogen and oxygen atoms in total. The molecular formula is C20H25FN6O. The number of nitrogens with zero attached hydrogens (tertiary/aromatic N) is 3. The van der Waals surface area contributed by atoms with Gasteiger partial charge in [-0.2, -0.15) is 0 Å². The summed E-state index contributed by atoms with van der Waals surface area (Å²) in [7, 11) is 0. The number of hydrogen-bond donors (Lipinski definition) is 3. The van der Waals surface area contributed by atoms with Gasteiger partial charge in [-0.1, -0.05) is 26.0 Å². The second-order valence-corrected chi connectivity index (χ2v) is 6.39. The van der Waals surface area contributed by atoms with Crippen LogP contribution in [0.25, 0.3) is 22.4 Å². The van der Waals surface area contributed by atoms with Crippen molar-refractivity contribution in [3.8, 4) is 11.4 Å². The van der Waals surface area contributed by atoms with Crippen LogP contribution in [0, 0.1) is 5.82 Å². The van der Waals surface area contributed by atoms with Crippen LogP contribution in [0.1, 0.15) is 26.7 Å². The molecule has 28 heavy (non-hydrogen) atoms. The fourth-order valence-corrected chi connectivity index (χ4v) is 3.32. The predicted molar refractivity (Wildman–Crippen MR) is 109 cm³/mol. The monoisotopic (exact) mass is 384 g/mol. The number of hydrogen-bond acceptors (Lipinski definition) is 4. The Bertz CT molecular complexity index is 916. The first-order valence-corrected chi connectivity index (χ1v) is 9.52. The van der Waals surface area contributed by atoms with Gasteiger partial charge in [-0.15, -0.1) is 0 Å². The lowest BCUT2D eigenvalue weighted by Gasteiger charge is -2.33. The minimum absolute atomic E-state index is 0.0686. The first kappa shape index (κ1) is 19.6. The summed E-state index contributed by atoms with van der Waals surface area (Å²) < 4.78 is 14.4. The number of pyridine rings is 1. The molecule has 1 fully saturated rings. The summed E-state index contributed by atoms with van der Waals surface area (Å²) in [6.07, 6.45) is 2.76. The zero-order valence-corrected chi connectivity index (χ0v) is 16.1. The molecule has 1 saturated heterocycles. The first-order valence-electron chi connectivity index (χ1n) is 9.52. The van der Waals surface area contributed by atoms with Gasteiger partial charge >= 0.3 is 6.03 Å². The molecule has 4 N–H and O–H groups in total. The van der Waals surface area contributed by atoms with E-state index in [0.29, 0.717) is 30.3 Å². The van der Waals surface area contributed by atoms with Gasteiger partial charge in [0.15, 0.2) is 5.82 Å². The zero-order chi connectivity index (χ0) is 20.1. The van der Waals surface area contributed by atoms with Gasteiger partial charge in [-0.3, -0.25) is 0 Å². The van der Waals surface area contributed by atoms with Crippen molar-refractivity contribution in [2.24, 2.45) is 5.73 Å². The number of H-pyrrole nitrogens is 1. The summed E-state index contributed by atoms with van der Waals surface area (Å²) in [5.74, 6) is 0.759. The normalized spacial score (nSPS) is 14.5. The highest BCUT2D eigenvalue weighted by Gasteiger charge is 2.22. The van der Waals surface area contributed by atoms with E-state index in [1.54, 1.807) is 6.07 Å². The Morgan fingerprint density at radius 3 is 2.68 bits per heavy atom. The third-order valence-electron chi connectivity index (χ3n) is 4.65. The number of primary amides is 1. The topological polar surface area (TPSA) is 99.9 Å². The van der Waals surface area contributed by atoms with Crippen LogP contribution in [0.3, 0.4) is 0 Å². The van der Waals surface area contributed by atoms with Crippen molar-refractivity contribution in [2.45, 2.75) is 32.7 Å². The summed E-state index contributed by atoms with van der Waals surface area (Å²) in [5, 5.41) is 2.73. The molecule has 3 aromatic rings. The number of carbonyl (C=O) groups is 1. The van der Waals surface area contributed by atoms with Crippen LogP contribution >= 0.6 is 0 Å². The average molecular weight is 384 g/mol. The highest BCUT2D eigenvalue weighted by molar-refractivity contribution is 5.79. The van der Waals surface area contributed by atoms with Crippen molar-refractivity contribution in [2.75, 3.05) is 18.0 Å². The lowest BCUT2D eigenvalue weighted by Crippen LogP contribution is -2.46. The fraction of sp³-hybridized carbons (Fsp3) is 0.350. The van der Waals surface area contributed by atoms with E-state index in [-0.39, 0.29) is 6.04 Å². The standard InChI is InChI=1S/C18H19FN6O.C2H6/c19-13-10-21-16(25-7-5-11(6-8-25)22-18(20)26)9-12(13)17-23-14-3-1-2-4-15(14)24-17;1-2/h1-4,9-11H,5-8H2,(H,23,24)(H3,20,22,26);1-2H3. The van der Waals surface area contributed by atoms with Crippen LogP contribution in [0.2, 0.25) is 0 Å². The van der Waals surface area contributed by atoms with Crippen LogP contribution in [0.15, 0.2) is 36.5 Å². The number of aromatic amines is 1. The summed E-state index contributed by atoms with van der Waals surface area (Å²) in [6.45, 7) is 5.42. The van der Waals surface area contributed by atoms with Crippen molar-refractivity contribution in [1.29, 1.82) is 0 Å². The van der Waals surface area contributed by atoms with Crippen molar-refractivity contribution in [3.05, 3.63) is 42.3 Å². The van der Waals surface area contributed by atoms with Crippen molar-refractivity contribution in [1.82, 2.24) is 20.3 Å². The molecule has 2 amide bonds. The van der Waals surface area contributed by atoms with Gasteiger partial charge in [0.25, 0.3) is 0 Å². The Labute approximate surface area is 163 Å². The van der Waals surface area contributed by atoms with Crippen molar-refractivity contribution >= 4 is 22.9 Å². The number of rotatable bonds is 3. The summed E-state index contributed by atoms with van der Waals surface area (Å²) in [5.41, 5.74) is 7.22. The molecule has 0 aliphatic carbocycles. The Balaban J connectivity index is 0.00000109. The molecule has 0 radical (unpaired) electrons. The van der Waals surface area contributed by atoms with Gasteiger partial charge in [0.05, 0.1) is 22.8 Å². The van der Waals surface area contributed by atoms with Crippen molar-refractivity contribution < 1.29 is 9.18 Å². The molecule has 4 rings (SSSR count). The smallest absolute Gasteiger partial charge is 0.312 e. The Morgan fingerprint density at radius 1 is 1.29 bits per heavy atom. The van der Waals surface area contributed by atoms with Crippen molar-refractivity contribution in [3.63, 3.8) is 0 Å². The number of nitrogens with one attached hydrogen (secondary N) is 2. The molecule has 1 aromatic carbocycles. The van der Waals surface area contributed by atoms with Crippen LogP contribution in [-0.2, 0) is 0 Å². The largest absolute Gasteiger partial charge is 0.356 e. The van der Waals surface area contributed by atoms with Crippen LogP contribution in [0.4, 0.5) is 15.0 Å². The van der Waals surface area contributed by atoms with E-state index in [1.807, 2.05) is 38.1 Å². The maximum atomic E-state index is 14.4. The van der Waals surface area contributed by atoms with E-state index in [2.05, 4.69) is 25.2 Å². The van der Waals surface area contributed by atoms with E-state index < -0.39 is 11.8 Å². The number of para-hydroxylation sites is 2. The quantitative estimate of drug-likeness (QED) is 0.644. The number of piperidine rings is 1. The van der Waals surface area contributed by atoms with Crippen LogP contribution in [0.5, 0.6) is 0 Å². The highest BCUT2D eigenvalue weighted by Crippen LogP contribution is 2.27. The molecule has 0 bridgehead atoms. The number of anilines is 1. The SMILES string of the molecule is CC.NC(=O)NC1CCN(c2cc(-c3nc4ccccc4[nH]3)c(F)cn2)CC1. The number of nitrogens with two attached hydrogens (primary N) is 1. The third-order valence-corrected chi connectivity index (χ3v) is 4.65. The number of amides is 2. The van der Waals surface area contributed by atoms with Gasteiger partial charge in [0.2, 0.25) is 0 Å². The van der Waals surface area contributed by atoms with E-state index in [4.69, 9.17) is 5.73 Å². The molecule has 2 aromatic heterocycles. The lowest BCUT2D eigenvalue weighted by molar-refractivity contribution is 0.242. The molecule has 0 saturated carbocycles. The lowest BCUT2D eigenvalue weighted by atomic mass is 10.1. The second kappa shape index (κ2) is 8.69. The number of aromatic nitrogens is 3. The molecule has 0 spiro atoms. The molecule has 3 heterocycles. The van der Waals surface area contributed by atoms with E-state index in [9.17, 15) is 9.18 Å². The van der Waals surface area contributed by atoms with E-state index in [0.717, 1.165) is 23.9 Å². The third kappa shape index (κ3) is 4.21. The molecule has 0 atom stereocenters. The Morgan fingerprint density at radius 2 is 2.00 bits per heavy atom. The number of imidazole rings is 1. The number of carbonyl (C=O) groups excluding carboxylic acids is 1. The van der Waals surface area contributed by atoms with Gasteiger partial charge in [0.1, 0.15) is 11.6 Å². The number of halogens is 1. The summed E-state index contributed by atoms with van der Waals surface area (Å²) in [4.78, 5) is 24.9. The van der Waals surface area contributed by atoms with Crippen LogP contribution in [-0.4, -0.2) is 40.1 Å². The average Bonchev–Trinajstić information content (AvgIpc) is 3.14. The predicted octanol–water partition coefficient (Wildman–Crippen LogP) is 3.43. The molecule has 1 aliphatic rings. The Hall–Kier alpha value is -3.16. The Kier molecular flexibility index (Phi) is 6.08. The molecule has 148 valence electrons. The van der Waals surface area contributed by atoms with Gasteiger partial charge in [-0.25, -0.2) is 19.2 Å². The first-order chi connectivity index (χ1) is 13.6. The number of benzene rings is 1. The highest BCUT2D eigenvalue weighted by atomic mass is 19.1. The maximum Gasteiger partial charge on any atom is 0.312 e. The molecule has 0 unspecified atom stereocenters. The molecule has 1 aliphatic heterocycles.